The van der Waals surface area contributed by atoms with E-state index in [2.05, 4.69) is 45.0 Å². The molecular formula is C19H31NO. The van der Waals surface area contributed by atoms with Crippen molar-refractivity contribution in [3.05, 3.63) is 35.4 Å². The van der Waals surface area contributed by atoms with Gasteiger partial charge in [-0.3, -0.25) is 0 Å². The SMILES string of the molecule is CCCCCCC(C)OC1CC(C)c2ccccc2C1N. The average Bonchev–Trinajstić information content (AvgIpc) is 2.49. The Morgan fingerprint density at radius 1 is 1.19 bits per heavy atom. The Balaban J connectivity index is 1.90. The van der Waals surface area contributed by atoms with E-state index >= 15 is 0 Å². The van der Waals surface area contributed by atoms with Gasteiger partial charge in [-0.1, -0.05) is 63.8 Å². The van der Waals surface area contributed by atoms with E-state index in [1.165, 1.54) is 36.8 Å². The van der Waals surface area contributed by atoms with Crippen LogP contribution in [0.1, 0.15) is 82.4 Å². The topological polar surface area (TPSA) is 35.2 Å². The molecule has 0 spiro atoms. The van der Waals surface area contributed by atoms with E-state index in [0.29, 0.717) is 12.0 Å². The number of ether oxygens (including phenoxy) is 1. The minimum absolute atomic E-state index is 0.0236. The van der Waals surface area contributed by atoms with Gasteiger partial charge >= 0.3 is 0 Å². The van der Waals surface area contributed by atoms with Crippen LogP contribution < -0.4 is 5.73 Å². The molecule has 0 saturated heterocycles. The second-order valence-electron chi connectivity index (χ2n) is 6.63. The predicted octanol–water partition coefficient (Wildman–Crippen LogP) is 4.94. The number of fused-ring (bicyclic) bond motifs is 1. The summed E-state index contributed by atoms with van der Waals surface area (Å²) in [6, 6.07) is 8.60. The molecule has 4 atom stereocenters. The molecule has 118 valence electrons. The molecule has 1 aromatic carbocycles. The molecule has 0 heterocycles. The van der Waals surface area contributed by atoms with E-state index in [4.69, 9.17) is 10.5 Å². The van der Waals surface area contributed by atoms with E-state index < -0.39 is 0 Å². The Morgan fingerprint density at radius 2 is 1.90 bits per heavy atom. The zero-order chi connectivity index (χ0) is 15.2. The van der Waals surface area contributed by atoms with Gasteiger partial charge in [0.1, 0.15) is 0 Å². The second kappa shape index (κ2) is 7.95. The molecule has 2 heteroatoms. The highest BCUT2D eigenvalue weighted by Gasteiger charge is 2.32. The van der Waals surface area contributed by atoms with Crippen LogP contribution in [-0.2, 0) is 4.74 Å². The smallest absolute Gasteiger partial charge is 0.0777 e. The van der Waals surface area contributed by atoms with Gasteiger partial charge in [0, 0.05) is 0 Å². The number of unbranched alkanes of at least 4 members (excludes halogenated alkanes) is 3. The van der Waals surface area contributed by atoms with Gasteiger partial charge in [0.15, 0.2) is 0 Å². The third-order valence-corrected chi connectivity index (χ3v) is 4.74. The van der Waals surface area contributed by atoms with Crippen molar-refractivity contribution < 1.29 is 4.74 Å². The lowest BCUT2D eigenvalue weighted by Gasteiger charge is -2.36. The Kier molecular flexibility index (Phi) is 6.25. The first-order chi connectivity index (χ1) is 10.1. The van der Waals surface area contributed by atoms with Crippen LogP contribution in [0.5, 0.6) is 0 Å². The van der Waals surface area contributed by atoms with Crippen molar-refractivity contribution in [1.82, 2.24) is 0 Å². The number of hydrogen-bond acceptors (Lipinski definition) is 2. The molecule has 0 saturated carbocycles. The molecule has 0 fully saturated rings. The van der Waals surface area contributed by atoms with Gasteiger partial charge in [-0.25, -0.2) is 0 Å². The Morgan fingerprint density at radius 3 is 2.62 bits per heavy atom. The zero-order valence-electron chi connectivity index (χ0n) is 13.8. The largest absolute Gasteiger partial charge is 0.373 e. The summed E-state index contributed by atoms with van der Waals surface area (Å²) in [4.78, 5) is 0. The maximum absolute atomic E-state index is 6.45. The van der Waals surface area contributed by atoms with Crippen molar-refractivity contribution >= 4 is 0 Å². The Labute approximate surface area is 130 Å². The summed E-state index contributed by atoms with van der Waals surface area (Å²) < 4.78 is 6.29. The fourth-order valence-electron chi connectivity index (χ4n) is 3.45. The maximum atomic E-state index is 6.45. The minimum atomic E-state index is 0.0236. The van der Waals surface area contributed by atoms with Crippen molar-refractivity contribution in [2.75, 3.05) is 0 Å². The van der Waals surface area contributed by atoms with E-state index in [1.54, 1.807) is 0 Å². The molecule has 2 rings (SSSR count). The molecule has 0 aliphatic heterocycles. The summed E-state index contributed by atoms with van der Waals surface area (Å²) in [7, 11) is 0. The average molecular weight is 289 g/mol. The number of benzene rings is 1. The van der Waals surface area contributed by atoms with Crippen LogP contribution in [0.3, 0.4) is 0 Å². The molecule has 0 radical (unpaired) electrons. The van der Waals surface area contributed by atoms with E-state index in [-0.39, 0.29) is 12.1 Å². The second-order valence-corrected chi connectivity index (χ2v) is 6.63. The molecule has 1 aliphatic carbocycles. The molecule has 21 heavy (non-hydrogen) atoms. The van der Waals surface area contributed by atoms with Gasteiger partial charge in [0.25, 0.3) is 0 Å². The molecule has 0 aromatic heterocycles. The number of hydrogen-bond donors (Lipinski definition) is 1. The normalized spacial score (nSPS) is 26.4. The van der Waals surface area contributed by atoms with Crippen molar-refractivity contribution in [3.8, 4) is 0 Å². The van der Waals surface area contributed by atoms with Crippen LogP contribution in [-0.4, -0.2) is 12.2 Å². The molecule has 1 aliphatic rings. The van der Waals surface area contributed by atoms with Crippen LogP contribution in [0.4, 0.5) is 0 Å². The van der Waals surface area contributed by atoms with Crippen LogP contribution in [0.2, 0.25) is 0 Å². The summed E-state index contributed by atoms with van der Waals surface area (Å²) in [6.07, 6.45) is 7.88. The molecule has 2 N–H and O–H groups in total. The predicted molar refractivity (Wildman–Crippen MR) is 89.5 cm³/mol. The van der Waals surface area contributed by atoms with Crippen molar-refractivity contribution in [2.24, 2.45) is 5.73 Å². The molecule has 4 unspecified atom stereocenters. The van der Waals surface area contributed by atoms with Gasteiger partial charge in [-0.05, 0) is 36.8 Å². The van der Waals surface area contributed by atoms with Gasteiger partial charge in [-0.15, -0.1) is 0 Å². The standard InChI is InChI=1S/C19H31NO/c1-4-5-6-7-10-15(3)21-18-13-14(2)16-11-8-9-12-17(16)19(18)20/h8-9,11-12,14-15,18-19H,4-7,10,13,20H2,1-3H3. The first-order valence-corrected chi connectivity index (χ1v) is 8.63. The van der Waals surface area contributed by atoms with Crippen LogP contribution in [0.25, 0.3) is 0 Å². The van der Waals surface area contributed by atoms with E-state index in [9.17, 15) is 0 Å². The fraction of sp³-hybridized carbons (Fsp3) is 0.684. The quantitative estimate of drug-likeness (QED) is 0.722. The minimum Gasteiger partial charge on any atom is -0.373 e. The summed E-state index contributed by atoms with van der Waals surface area (Å²) >= 11 is 0. The van der Waals surface area contributed by atoms with Gasteiger partial charge in [0.2, 0.25) is 0 Å². The van der Waals surface area contributed by atoms with Crippen LogP contribution in [0.15, 0.2) is 24.3 Å². The Hall–Kier alpha value is -0.860. The highest BCUT2D eigenvalue weighted by atomic mass is 16.5. The van der Waals surface area contributed by atoms with Gasteiger partial charge in [0.05, 0.1) is 18.2 Å². The monoisotopic (exact) mass is 289 g/mol. The molecular weight excluding hydrogens is 258 g/mol. The lowest BCUT2D eigenvalue weighted by Crippen LogP contribution is -2.37. The van der Waals surface area contributed by atoms with Crippen molar-refractivity contribution in [2.45, 2.75) is 83.5 Å². The summed E-state index contributed by atoms with van der Waals surface area (Å²) in [5.74, 6) is 0.540. The summed E-state index contributed by atoms with van der Waals surface area (Å²) in [6.45, 7) is 6.73. The first-order valence-electron chi connectivity index (χ1n) is 8.63. The van der Waals surface area contributed by atoms with Crippen molar-refractivity contribution in [1.29, 1.82) is 0 Å². The third-order valence-electron chi connectivity index (χ3n) is 4.74. The highest BCUT2D eigenvalue weighted by molar-refractivity contribution is 5.35. The van der Waals surface area contributed by atoms with Crippen molar-refractivity contribution in [3.63, 3.8) is 0 Å². The first kappa shape index (κ1) is 16.5. The highest BCUT2D eigenvalue weighted by Crippen LogP contribution is 2.38. The number of nitrogens with two attached hydrogens (primary N) is 1. The molecule has 0 amide bonds. The van der Waals surface area contributed by atoms with E-state index in [0.717, 1.165) is 12.8 Å². The van der Waals surface area contributed by atoms with E-state index in [1.807, 2.05) is 0 Å². The summed E-state index contributed by atoms with van der Waals surface area (Å²) in [5, 5.41) is 0. The Bertz CT molecular complexity index is 431. The van der Waals surface area contributed by atoms with Crippen LogP contribution in [0, 0.1) is 0 Å². The van der Waals surface area contributed by atoms with Gasteiger partial charge in [-0.2, -0.15) is 0 Å². The van der Waals surface area contributed by atoms with Gasteiger partial charge < -0.3 is 10.5 Å². The molecule has 1 aromatic rings. The van der Waals surface area contributed by atoms with Crippen LogP contribution >= 0.6 is 0 Å². The fourth-order valence-corrected chi connectivity index (χ4v) is 3.45. The summed E-state index contributed by atoms with van der Waals surface area (Å²) in [5.41, 5.74) is 9.13. The third kappa shape index (κ3) is 4.31. The lowest BCUT2D eigenvalue weighted by atomic mass is 9.79. The lowest BCUT2D eigenvalue weighted by molar-refractivity contribution is -0.0319. The number of rotatable bonds is 7. The molecule has 0 bridgehead atoms. The maximum Gasteiger partial charge on any atom is 0.0777 e. The molecule has 2 nitrogen and oxygen atoms in total. The zero-order valence-corrected chi connectivity index (χ0v) is 13.8.